The Labute approximate surface area is 149 Å². The zero-order valence-corrected chi connectivity index (χ0v) is 15.3. The number of hydrogen-bond donors (Lipinski definition) is 0. The number of carbonyl (C=O) groups excluding carboxylic acids is 2. The molecule has 0 bridgehead atoms. The van der Waals surface area contributed by atoms with Gasteiger partial charge in [-0.3, -0.25) is 9.59 Å². The van der Waals surface area contributed by atoms with Crippen LogP contribution in [0.25, 0.3) is 0 Å². The molecular formula is C20H26O5. The third kappa shape index (κ3) is 4.10. The molecule has 1 unspecified atom stereocenters. The number of ether oxygens (including phenoxy) is 3. The van der Waals surface area contributed by atoms with E-state index in [-0.39, 0.29) is 18.9 Å². The number of esters is 2. The lowest BCUT2D eigenvalue weighted by atomic mass is 9.74. The highest BCUT2D eigenvalue weighted by atomic mass is 16.7. The van der Waals surface area contributed by atoms with Crippen LogP contribution in [0.1, 0.15) is 39.7 Å². The summed E-state index contributed by atoms with van der Waals surface area (Å²) in [5, 5.41) is 0. The Hall–Kier alpha value is -2.14. The zero-order chi connectivity index (χ0) is 18.7. The summed E-state index contributed by atoms with van der Waals surface area (Å²) in [5.41, 5.74) is -0.604. The summed E-state index contributed by atoms with van der Waals surface area (Å²) >= 11 is 0. The monoisotopic (exact) mass is 346 g/mol. The minimum Gasteiger partial charge on any atom is -0.422 e. The molecule has 0 radical (unpaired) electrons. The first-order valence-corrected chi connectivity index (χ1v) is 8.46. The quantitative estimate of drug-likeness (QED) is 0.429. The van der Waals surface area contributed by atoms with Crippen LogP contribution in [-0.2, 0) is 30.4 Å². The molecule has 2 rings (SSSR count). The molecule has 1 aliphatic rings. The molecule has 1 heterocycles. The average Bonchev–Trinajstić information content (AvgIpc) is 2.52. The summed E-state index contributed by atoms with van der Waals surface area (Å²) in [7, 11) is 0. The van der Waals surface area contributed by atoms with E-state index in [0.29, 0.717) is 0 Å². The summed E-state index contributed by atoms with van der Waals surface area (Å²) in [5.74, 6) is -2.47. The second-order valence-corrected chi connectivity index (χ2v) is 7.20. The molecule has 25 heavy (non-hydrogen) atoms. The Morgan fingerprint density at radius 2 is 1.68 bits per heavy atom. The highest BCUT2D eigenvalue weighted by molar-refractivity contribution is 6.02. The maximum Gasteiger partial charge on any atom is 0.329 e. The van der Waals surface area contributed by atoms with Crippen molar-refractivity contribution in [3.05, 3.63) is 48.6 Å². The molecule has 1 aliphatic heterocycles. The van der Waals surface area contributed by atoms with Crippen LogP contribution in [0.5, 0.6) is 0 Å². The van der Waals surface area contributed by atoms with Gasteiger partial charge >= 0.3 is 11.9 Å². The van der Waals surface area contributed by atoms with Crippen molar-refractivity contribution in [1.82, 2.24) is 0 Å². The van der Waals surface area contributed by atoms with E-state index in [2.05, 4.69) is 6.58 Å². The molecule has 0 N–H and O–H groups in total. The van der Waals surface area contributed by atoms with Crippen molar-refractivity contribution in [2.45, 2.75) is 52.6 Å². The first kappa shape index (κ1) is 19.2. The van der Waals surface area contributed by atoms with Crippen molar-refractivity contribution < 1.29 is 23.8 Å². The van der Waals surface area contributed by atoms with Gasteiger partial charge in [0.15, 0.2) is 5.41 Å². The summed E-state index contributed by atoms with van der Waals surface area (Å²) in [6.07, 6.45) is 0.893. The lowest BCUT2D eigenvalue weighted by Crippen LogP contribution is -2.59. The number of cyclic esters (lactones) is 2. The third-order valence-corrected chi connectivity index (χ3v) is 4.11. The number of benzene rings is 1. The molecule has 0 saturated carbocycles. The molecule has 5 nitrogen and oxygen atoms in total. The molecule has 1 fully saturated rings. The largest absolute Gasteiger partial charge is 0.422 e. The fourth-order valence-electron chi connectivity index (χ4n) is 3.06. The van der Waals surface area contributed by atoms with Gasteiger partial charge in [-0.25, -0.2) is 0 Å². The molecule has 0 aliphatic carbocycles. The Balaban J connectivity index is 2.32. The predicted molar refractivity (Wildman–Crippen MR) is 93.4 cm³/mol. The normalized spacial score (nSPS) is 19.9. The van der Waals surface area contributed by atoms with Gasteiger partial charge in [0, 0.05) is 13.8 Å². The van der Waals surface area contributed by atoms with E-state index >= 15 is 0 Å². The number of rotatable bonds is 7. The summed E-state index contributed by atoms with van der Waals surface area (Å²) in [6, 6.07) is 9.53. The Bertz CT molecular complexity index is 613. The molecule has 1 atom stereocenters. The fourth-order valence-corrected chi connectivity index (χ4v) is 3.06. The van der Waals surface area contributed by atoms with E-state index in [1.807, 2.05) is 44.2 Å². The van der Waals surface area contributed by atoms with Gasteiger partial charge in [0.05, 0.1) is 6.61 Å². The first-order valence-electron chi connectivity index (χ1n) is 8.46. The van der Waals surface area contributed by atoms with Crippen molar-refractivity contribution in [2.24, 2.45) is 11.3 Å². The maximum atomic E-state index is 12.8. The van der Waals surface area contributed by atoms with Gasteiger partial charge in [-0.15, -0.1) is 6.58 Å². The topological polar surface area (TPSA) is 61.8 Å². The highest BCUT2D eigenvalue weighted by Gasteiger charge is 2.60. The smallest absolute Gasteiger partial charge is 0.329 e. The van der Waals surface area contributed by atoms with Crippen LogP contribution in [-0.4, -0.2) is 23.8 Å². The van der Waals surface area contributed by atoms with Crippen molar-refractivity contribution in [2.75, 3.05) is 0 Å². The van der Waals surface area contributed by atoms with Crippen LogP contribution >= 0.6 is 0 Å². The van der Waals surface area contributed by atoms with Crippen LogP contribution in [0, 0.1) is 11.3 Å². The summed E-state index contributed by atoms with van der Waals surface area (Å²) < 4.78 is 16.7. The molecule has 1 aromatic rings. The Morgan fingerprint density at radius 3 is 2.16 bits per heavy atom. The lowest BCUT2D eigenvalue weighted by molar-refractivity contribution is -0.260. The Morgan fingerprint density at radius 1 is 1.12 bits per heavy atom. The van der Waals surface area contributed by atoms with E-state index in [0.717, 1.165) is 5.56 Å². The minimum atomic E-state index is -1.54. The maximum absolute atomic E-state index is 12.8. The molecule has 136 valence electrons. The lowest BCUT2D eigenvalue weighted by Gasteiger charge is -2.43. The van der Waals surface area contributed by atoms with Gasteiger partial charge in [-0.2, -0.15) is 0 Å². The average molecular weight is 346 g/mol. The molecule has 5 heteroatoms. The molecule has 0 aromatic heterocycles. The van der Waals surface area contributed by atoms with Gasteiger partial charge in [-0.1, -0.05) is 50.3 Å². The van der Waals surface area contributed by atoms with E-state index in [4.69, 9.17) is 14.2 Å². The van der Waals surface area contributed by atoms with Crippen LogP contribution in [0.15, 0.2) is 43.0 Å². The van der Waals surface area contributed by atoms with E-state index in [9.17, 15) is 9.59 Å². The minimum absolute atomic E-state index is 0.0593. The van der Waals surface area contributed by atoms with Gasteiger partial charge in [-0.05, 0) is 17.9 Å². The standard InChI is InChI=1S/C20H26O5/c1-6-16(23-13-15-10-8-7-9-11-15)20(12-14(2)3)17(21)24-19(4,5)25-18(20)22/h6-11,14,16H,1,12-13H2,2-5H3. The molecule has 1 saturated heterocycles. The first-order chi connectivity index (χ1) is 11.7. The molecular weight excluding hydrogens is 320 g/mol. The zero-order valence-electron chi connectivity index (χ0n) is 15.3. The second kappa shape index (κ2) is 7.40. The predicted octanol–water partition coefficient (Wildman–Crippen LogP) is 3.63. The molecule has 0 spiro atoms. The third-order valence-electron chi connectivity index (χ3n) is 4.11. The van der Waals surface area contributed by atoms with Crippen LogP contribution in [0.4, 0.5) is 0 Å². The SMILES string of the molecule is C=CC(OCc1ccccc1)C1(CC(C)C)C(=O)OC(C)(C)OC1=O. The van der Waals surface area contributed by atoms with Gasteiger partial charge in [0.2, 0.25) is 0 Å². The van der Waals surface area contributed by atoms with E-state index in [1.165, 1.54) is 19.9 Å². The fraction of sp³-hybridized carbons (Fsp3) is 0.500. The number of hydrogen-bond acceptors (Lipinski definition) is 5. The van der Waals surface area contributed by atoms with E-state index < -0.39 is 29.2 Å². The number of carbonyl (C=O) groups is 2. The second-order valence-electron chi connectivity index (χ2n) is 7.20. The van der Waals surface area contributed by atoms with Crippen molar-refractivity contribution >= 4 is 11.9 Å². The highest BCUT2D eigenvalue weighted by Crippen LogP contribution is 2.42. The van der Waals surface area contributed by atoms with E-state index in [1.54, 1.807) is 0 Å². The van der Waals surface area contributed by atoms with Gasteiger partial charge in [0.25, 0.3) is 5.79 Å². The van der Waals surface area contributed by atoms with Crippen LogP contribution < -0.4 is 0 Å². The van der Waals surface area contributed by atoms with Crippen molar-refractivity contribution in [3.8, 4) is 0 Å². The molecule has 0 amide bonds. The van der Waals surface area contributed by atoms with Gasteiger partial charge in [0.1, 0.15) is 6.10 Å². The van der Waals surface area contributed by atoms with Crippen LogP contribution in [0.2, 0.25) is 0 Å². The van der Waals surface area contributed by atoms with Crippen molar-refractivity contribution in [3.63, 3.8) is 0 Å². The van der Waals surface area contributed by atoms with Crippen LogP contribution in [0.3, 0.4) is 0 Å². The summed E-state index contributed by atoms with van der Waals surface area (Å²) in [4.78, 5) is 25.7. The molecule has 1 aromatic carbocycles. The van der Waals surface area contributed by atoms with Crippen molar-refractivity contribution in [1.29, 1.82) is 0 Å². The Kier molecular flexibility index (Phi) is 5.68. The summed E-state index contributed by atoms with van der Waals surface area (Å²) in [6.45, 7) is 11.0. The van der Waals surface area contributed by atoms with Gasteiger partial charge < -0.3 is 14.2 Å².